The Hall–Kier alpha value is -3.02. The first-order valence-corrected chi connectivity index (χ1v) is 14.2. The monoisotopic (exact) mass is 579 g/mol. The van der Waals surface area contributed by atoms with Gasteiger partial charge in [0.2, 0.25) is 17.8 Å². The van der Waals surface area contributed by atoms with Gasteiger partial charge in [-0.3, -0.25) is 9.59 Å². The van der Waals surface area contributed by atoms with Crippen LogP contribution >= 0.6 is 11.6 Å². The van der Waals surface area contributed by atoms with Gasteiger partial charge in [0.1, 0.15) is 11.6 Å². The van der Waals surface area contributed by atoms with E-state index in [-0.39, 0.29) is 37.9 Å². The fraction of sp³-hybridized carbons (Fsp3) is 0.571. The molecule has 0 bridgehead atoms. The third-order valence-corrected chi connectivity index (χ3v) is 7.06. The Morgan fingerprint density at radius 1 is 1.10 bits per heavy atom. The Kier molecular flexibility index (Phi) is 13.3. The van der Waals surface area contributed by atoms with Crippen LogP contribution in [0.3, 0.4) is 0 Å². The summed E-state index contributed by atoms with van der Waals surface area (Å²) in [6, 6.07) is 3.91. The second kappa shape index (κ2) is 16.9. The Balaban J connectivity index is 1.27. The van der Waals surface area contributed by atoms with Crippen molar-refractivity contribution in [1.29, 1.82) is 0 Å². The third kappa shape index (κ3) is 10.9. The molecule has 2 aromatic rings. The number of piperidine rings is 1. The number of benzene rings is 1. The highest BCUT2D eigenvalue weighted by Gasteiger charge is 2.20. The van der Waals surface area contributed by atoms with Crippen molar-refractivity contribution in [2.24, 2.45) is 5.92 Å². The number of carbonyl (C=O) groups is 2. The van der Waals surface area contributed by atoms with Crippen LogP contribution in [0, 0.1) is 11.7 Å². The van der Waals surface area contributed by atoms with E-state index in [0.29, 0.717) is 54.2 Å². The number of ether oxygens (including phenoxy) is 1. The highest BCUT2D eigenvalue weighted by atomic mass is 35.5. The number of aliphatic hydroxyl groups is 2. The molecule has 4 N–H and O–H groups in total. The van der Waals surface area contributed by atoms with Crippen molar-refractivity contribution in [3.63, 3.8) is 0 Å². The lowest BCUT2D eigenvalue weighted by Crippen LogP contribution is -2.40. The Morgan fingerprint density at radius 2 is 1.82 bits per heavy atom. The van der Waals surface area contributed by atoms with Gasteiger partial charge in [-0.1, -0.05) is 17.7 Å². The molecule has 1 fully saturated rings. The van der Waals surface area contributed by atoms with Crippen LogP contribution in [0.2, 0.25) is 5.02 Å². The molecule has 1 aliphatic rings. The lowest BCUT2D eigenvalue weighted by atomic mass is 9.92. The van der Waals surface area contributed by atoms with E-state index in [9.17, 15) is 14.0 Å². The Bertz CT molecular complexity index is 1070. The molecule has 2 amide bonds. The smallest absolute Gasteiger partial charge is 0.225 e. The highest BCUT2D eigenvalue weighted by Crippen LogP contribution is 2.25. The molecule has 10 nitrogen and oxygen atoms in total. The molecule has 12 heteroatoms. The standard InChI is InChI=1S/C28H39ClFN5O5/c29-22-16-32-28(33-17-22)35-11-8-20(9-12-35)4-3-13-40-24-7-6-21(25(30)15-24)14-27(39)31-10-2-1-5-26(38)34-23(18-36)19-37/h6-7,15-17,20,23,36-37H,1-5,8-14,18-19H2,(H,31,39)(H,34,38). The number of rotatable bonds is 16. The summed E-state index contributed by atoms with van der Waals surface area (Å²) in [7, 11) is 0. The van der Waals surface area contributed by atoms with Gasteiger partial charge in [0.25, 0.3) is 0 Å². The number of halogens is 2. The predicted molar refractivity (Wildman–Crippen MR) is 150 cm³/mol. The van der Waals surface area contributed by atoms with Gasteiger partial charge in [0, 0.05) is 32.1 Å². The van der Waals surface area contributed by atoms with Gasteiger partial charge in [-0.05, 0) is 56.1 Å². The normalized spacial score (nSPS) is 13.9. The largest absolute Gasteiger partial charge is 0.493 e. The summed E-state index contributed by atoms with van der Waals surface area (Å²) in [5, 5.41) is 23.7. The number of hydrogen-bond donors (Lipinski definition) is 4. The molecule has 1 saturated heterocycles. The number of unbranched alkanes of at least 4 members (excludes halogenated alkanes) is 1. The Labute approximate surface area is 239 Å². The lowest BCUT2D eigenvalue weighted by molar-refractivity contribution is -0.122. The third-order valence-electron chi connectivity index (χ3n) is 6.86. The van der Waals surface area contributed by atoms with Gasteiger partial charge in [-0.15, -0.1) is 0 Å². The predicted octanol–water partition coefficient (Wildman–Crippen LogP) is 2.64. The van der Waals surface area contributed by atoms with E-state index < -0.39 is 11.9 Å². The van der Waals surface area contributed by atoms with Crippen molar-refractivity contribution in [2.75, 3.05) is 44.4 Å². The molecule has 1 aliphatic heterocycles. The molecule has 0 radical (unpaired) electrons. The van der Waals surface area contributed by atoms with Gasteiger partial charge in [-0.2, -0.15) is 0 Å². The first-order valence-electron chi connectivity index (χ1n) is 13.8. The molecular formula is C28H39ClFN5O5. The zero-order chi connectivity index (χ0) is 28.7. The van der Waals surface area contributed by atoms with Crippen LogP contribution in [-0.2, 0) is 16.0 Å². The van der Waals surface area contributed by atoms with Crippen LogP contribution in [0.25, 0.3) is 0 Å². The number of hydrogen-bond acceptors (Lipinski definition) is 8. The zero-order valence-electron chi connectivity index (χ0n) is 22.7. The summed E-state index contributed by atoms with van der Waals surface area (Å²) in [4.78, 5) is 34.6. The van der Waals surface area contributed by atoms with E-state index in [0.717, 1.165) is 38.8 Å². The van der Waals surface area contributed by atoms with Crippen molar-refractivity contribution < 1.29 is 28.9 Å². The molecule has 0 spiro atoms. The second-order valence-electron chi connectivity index (χ2n) is 9.99. The zero-order valence-corrected chi connectivity index (χ0v) is 23.4. The van der Waals surface area contributed by atoms with Gasteiger partial charge in [0.15, 0.2) is 0 Å². The van der Waals surface area contributed by atoms with Crippen LogP contribution in [-0.4, -0.2) is 77.5 Å². The molecule has 0 aliphatic carbocycles. The average Bonchev–Trinajstić information content (AvgIpc) is 2.96. The second-order valence-corrected chi connectivity index (χ2v) is 10.4. The molecule has 2 heterocycles. The van der Waals surface area contributed by atoms with Crippen LogP contribution in [0.15, 0.2) is 30.6 Å². The maximum absolute atomic E-state index is 14.5. The maximum atomic E-state index is 14.5. The van der Waals surface area contributed by atoms with E-state index in [4.69, 9.17) is 26.6 Å². The molecule has 0 saturated carbocycles. The number of anilines is 1. The van der Waals surface area contributed by atoms with E-state index in [1.54, 1.807) is 24.5 Å². The fourth-order valence-electron chi connectivity index (χ4n) is 4.54. The van der Waals surface area contributed by atoms with E-state index in [2.05, 4.69) is 25.5 Å². The topological polar surface area (TPSA) is 137 Å². The van der Waals surface area contributed by atoms with Gasteiger partial charge in [0.05, 0.1) is 49.7 Å². The summed E-state index contributed by atoms with van der Waals surface area (Å²) in [5.74, 6) is 0.708. The minimum absolute atomic E-state index is 0.0823. The first kappa shape index (κ1) is 31.5. The molecule has 3 rings (SSSR count). The lowest BCUT2D eigenvalue weighted by Gasteiger charge is -2.31. The van der Waals surface area contributed by atoms with Crippen molar-refractivity contribution in [3.05, 3.63) is 47.0 Å². The minimum Gasteiger partial charge on any atom is -0.493 e. The Morgan fingerprint density at radius 3 is 2.50 bits per heavy atom. The number of amides is 2. The summed E-state index contributed by atoms with van der Waals surface area (Å²) in [5.41, 5.74) is 0.291. The SMILES string of the molecule is O=C(Cc1ccc(OCCCC2CCN(c3ncc(Cl)cn3)CC2)cc1F)NCCCCC(=O)NC(CO)CO. The number of nitrogens with one attached hydrogen (secondary N) is 2. The summed E-state index contributed by atoms with van der Waals surface area (Å²) in [6.45, 7) is 2.02. The number of aliphatic hydroxyl groups excluding tert-OH is 2. The van der Waals surface area contributed by atoms with E-state index >= 15 is 0 Å². The van der Waals surface area contributed by atoms with Crippen LogP contribution in [0.5, 0.6) is 5.75 Å². The molecule has 220 valence electrons. The maximum Gasteiger partial charge on any atom is 0.225 e. The van der Waals surface area contributed by atoms with Gasteiger partial charge < -0.3 is 30.5 Å². The van der Waals surface area contributed by atoms with Gasteiger partial charge in [-0.25, -0.2) is 14.4 Å². The van der Waals surface area contributed by atoms with Gasteiger partial charge >= 0.3 is 0 Å². The quantitative estimate of drug-likeness (QED) is 0.223. The number of carbonyl (C=O) groups excluding carboxylic acids is 2. The number of nitrogens with zero attached hydrogens (tertiary/aromatic N) is 3. The van der Waals surface area contributed by atoms with Crippen molar-refractivity contribution in [3.8, 4) is 5.75 Å². The molecule has 0 unspecified atom stereocenters. The minimum atomic E-state index is -0.662. The summed E-state index contributed by atoms with van der Waals surface area (Å²) >= 11 is 5.86. The molecule has 1 aromatic carbocycles. The fourth-order valence-corrected chi connectivity index (χ4v) is 4.63. The van der Waals surface area contributed by atoms with Crippen LogP contribution < -0.4 is 20.3 Å². The molecule has 0 atom stereocenters. The molecule has 1 aromatic heterocycles. The van der Waals surface area contributed by atoms with Crippen molar-refractivity contribution in [1.82, 2.24) is 20.6 Å². The van der Waals surface area contributed by atoms with Crippen molar-refractivity contribution >= 4 is 29.4 Å². The highest BCUT2D eigenvalue weighted by molar-refractivity contribution is 6.30. The van der Waals surface area contributed by atoms with E-state index in [1.165, 1.54) is 6.07 Å². The summed E-state index contributed by atoms with van der Waals surface area (Å²) in [6.07, 6.45) is 8.50. The average molecular weight is 580 g/mol. The number of aromatic nitrogens is 2. The molecular weight excluding hydrogens is 541 g/mol. The van der Waals surface area contributed by atoms with Crippen LogP contribution in [0.4, 0.5) is 10.3 Å². The van der Waals surface area contributed by atoms with Crippen molar-refractivity contribution in [2.45, 2.75) is 57.4 Å². The van der Waals surface area contributed by atoms with E-state index in [1.807, 2.05) is 0 Å². The molecule has 40 heavy (non-hydrogen) atoms. The first-order chi connectivity index (χ1) is 19.4. The summed E-state index contributed by atoms with van der Waals surface area (Å²) < 4.78 is 20.3. The van der Waals surface area contributed by atoms with Crippen LogP contribution in [0.1, 0.15) is 50.5 Å².